The van der Waals surface area contributed by atoms with Gasteiger partial charge in [-0.3, -0.25) is 9.36 Å². The minimum absolute atomic E-state index is 0.192. The largest absolute Gasteiger partial charge is 0.494 e. The first-order chi connectivity index (χ1) is 19.8. The van der Waals surface area contributed by atoms with Gasteiger partial charge < -0.3 is 23.7 Å². The lowest BCUT2D eigenvalue weighted by molar-refractivity contribution is -0.145. The monoisotopic (exact) mass is 580 g/mol. The predicted octanol–water partition coefficient (Wildman–Crippen LogP) is 3.15. The Morgan fingerprint density at radius 3 is 2.37 bits per heavy atom. The zero-order chi connectivity index (χ0) is 29.5. The second kappa shape index (κ2) is 13.3. The van der Waals surface area contributed by atoms with E-state index < -0.39 is 18.0 Å². The lowest BCUT2D eigenvalue weighted by Crippen LogP contribution is -2.39. The van der Waals surface area contributed by atoms with Crippen LogP contribution in [0.4, 0.5) is 0 Å². The number of rotatable bonds is 11. The molecular weight excluding hydrogens is 548 g/mol. The van der Waals surface area contributed by atoms with Crippen LogP contribution in [0.3, 0.4) is 0 Å². The van der Waals surface area contributed by atoms with Crippen molar-refractivity contribution in [2.75, 3.05) is 33.5 Å². The molecule has 0 aliphatic carbocycles. The number of hydrogen-bond acceptors (Lipinski definition) is 10. The highest BCUT2D eigenvalue weighted by molar-refractivity contribution is 7.07. The van der Waals surface area contributed by atoms with Gasteiger partial charge in [0.25, 0.3) is 5.56 Å². The van der Waals surface area contributed by atoms with Crippen LogP contribution in [-0.2, 0) is 19.1 Å². The van der Waals surface area contributed by atoms with Crippen molar-refractivity contribution in [3.05, 3.63) is 84.5 Å². The van der Waals surface area contributed by atoms with Crippen molar-refractivity contribution in [1.82, 2.24) is 4.57 Å². The van der Waals surface area contributed by atoms with E-state index in [1.54, 1.807) is 45.0 Å². The van der Waals surface area contributed by atoms with Crippen LogP contribution in [0.25, 0.3) is 6.08 Å². The number of allylic oxidation sites excluding steroid dienone is 1. The molecule has 10 nitrogen and oxygen atoms in total. The summed E-state index contributed by atoms with van der Waals surface area (Å²) in [5.41, 5.74) is 1.89. The van der Waals surface area contributed by atoms with Gasteiger partial charge in [0, 0.05) is 0 Å². The molecule has 4 rings (SSSR count). The number of benzene rings is 2. The summed E-state index contributed by atoms with van der Waals surface area (Å²) in [5.74, 6) is 0.433. The molecule has 1 aliphatic rings. The number of hydrogen-bond donors (Lipinski definition) is 0. The zero-order valence-corrected chi connectivity index (χ0v) is 24.4. The number of carbonyl (C=O) groups excluding carboxylic acids is 2. The van der Waals surface area contributed by atoms with E-state index in [0.717, 1.165) is 5.56 Å². The molecule has 1 atom stereocenters. The molecule has 0 amide bonds. The minimum Gasteiger partial charge on any atom is -0.494 e. The summed E-state index contributed by atoms with van der Waals surface area (Å²) in [6.07, 6.45) is 1.72. The van der Waals surface area contributed by atoms with Crippen molar-refractivity contribution < 1.29 is 33.3 Å². The van der Waals surface area contributed by atoms with Gasteiger partial charge in [0.05, 0.1) is 48.8 Å². The van der Waals surface area contributed by atoms with Crippen molar-refractivity contribution in [3.63, 3.8) is 0 Å². The van der Waals surface area contributed by atoms with Crippen LogP contribution in [0, 0.1) is 0 Å². The average molecular weight is 581 g/mol. The van der Waals surface area contributed by atoms with Crippen LogP contribution in [0.15, 0.2) is 63.5 Å². The molecule has 216 valence electrons. The summed E-state index contributed by atoms with van der Waals surface area (Å²) < 4.78 is 28.8. The van der Waals surface area contributed by atoms with Crippen LogP contribution >= 0.6 is 11.3 Å². The molecule has 0 N–H and O–H groups in total. The third-order valence-corrected chi connectivity index (χ3v) is 7.14. The number of esters is 2. The van der Waals surface area contributed by atoms with Crippen molar-refractivity contribution in [2.24, 2.45) is 4.99 Å². The number of thiazole rings is 1. The zero-order valence-electron chi connectivity index (χ0n) is 23.6. The fourth-order valence-electron chi connectivity index (χ4n) is 4.40. The Morgan fingerprint density at radius 2 is 1.71 bits per heavy atom. The molecule has 2 heterocycles. The van der Waals surface area contributed by atoms with Gasteiger partial charge in [-0.1, -0.05) is 29.5 Å². The second-order valence-corrected chi connectivity index (χ2v) is 9.82. The summed E-state index contributed by atoms with van der Waals surface area (Å²) in [6, 6.07) is 11.7. The Hall–Kier alpha value is -4.38. The molecular formula is C30H32N2O8S. The SMILES string of the molecule is CCOC(=O)COc1ccc(/C=c2\sc3n(c2=O)[C@@H](c2ccc(OCC)cc2)C(C(=O)OCC)=C(C)N=3)cc1OC. The molecule has 41 heavy (non-hydrogen) atoms. The first-order valence-electron chi connectivity index (χ1n) is 13.2. The van der Waals surface area contributed by atoms with E-state index in [2.05, 4.69) is 4.99 Å². The lowest BCUT2D eigenvalue weighted by atomic mass is 9.96. The van der Waals surface area contributed by atoms with Crippen molar-refractivity contribution in [2.45, 2.75) is 33.7 Å². The normalized spacial score (nSPS) is 14.7. The van der Waals surface area contributed by atoms with Crippen molar-refractivity contribution in [3.8, 4) is 17.2 Å². The number of aromatic nitrogens is 1. The van der Waals surface area contributed by atoms with E-state index in [0.29, 0.717) is 50.0 Å². The topological polar surface area (TPSA) is 115 Å². The lowest BCUT2D eigenvalue weighted by Gasteiger charge is -2.24. The quantitative estimate of drug-likeness (QED) is 0.318. The summed E-state index contributed by atoms with van der Waals surface area (Å²) in [7, 11) is 1.49. The Kier molecular flexibility index (Phi) is 9.61. The molecule has 1 aromatic heterocycles. The van der Waals surface area contributed by atoms with Gasteiger partial charge in [-0.2, -0.15) is 0 Å². The van der Waals surface area contributed by atoms with Crippen molar-refractivity contribution >= 4 is 29.4 Å². The van der Waals surface area contributed by atoms with Crippen molar-refractivity contribution in [1.29, 1.82) is 0 Å². The van der Waals surface area contributed by atoms with E-state index in [4.69, 9.17) is 23.7 Å². The smallest absolute Gasteiger partial charge is 0.344 e. The summed E-state index contributed by atoms with van der Waals surface area (Å²) in [6.45, 7) is 7.81. The summed E-state index contributed by atoms with van der Waals surface area (Å²) in [5, 5.41) is 0. The fourth-order valence-corrected chi connectivity index (χ4v) is 5.45. The maximum Gasteiger partial charge on any atom is 0.344 e. The van der Waals surface area contributed by atoms with Gasteiger partial charge in [-0.25, -0.2) is 14.6 Å². The van der Waals surface area contributed by atoms with E-state index >= 15 is 0 Å². The molecule has 0 saturated heterocycles. The van der Waals surface area contributed by atoms with Gasteiger partial charge in [0.1, 0.15) is 5.75 Å². The Balaban J connectivity index is 1.78. The van der Waals surface area contributed by atoms with Gasteiger partial charge in [-0.05, 0) is 69.2 Å². The van der Waals surface area contributed by atoms with Crippen LogP contribution in [0.2, 0.25) is 0 Å². The van der Waals surface area contributed by atoms with Crippen LogP contribution in [-0.4, -0.2) is 50.0 Å². The maximum absolute atomic E-state index is 13.8. The third kappa shape index (κ3) is 6.51. The van der Waals surface area contributed by atoms with E-state index in [1.165, 1.54) is 23.0 Å². The standard InChI is InChI=1S/C30H32N2O8S/c1-6-37-21-12-10-20(11-13-21)27-26(29(35)39-8-3)18(4)31-30-32(27)28(34)24(41-30)16-19-9-14-22(23(15-19)36-5)40-17-25(33)38-7-2/h9-16,27H,6-8,17H2,1-5H3/b24-16-/t27-/m0/s1. The maximum atomic E-state index is 13.8. The molecule has 0 spiro atoms. The minimum atomic E-state index is -0.726. The molecule has 11 heteroatoms. The molecule has 0 saturated carbocycles. The van der Waals surface area contributed by atoms with Crippen LogP contribution < -0.4 is 29.1 Å². The highest BCUT2D eigenvalue weighted by Crippen LogP contribution is 2.32. The van der Waals surface area contributed by atoms with E-state index in [1.807, 2.05) is 31.2 Å². The molecule has 0 radical (unpaired) electrons. The van der Waals surface area contributed by atoms with E-state index in [9.17, 15) is 14.4 Å². The number of carbonyl (C=O) groups is 2. The molecule has 2 aromatic carbocycles. The number of fused-ring (bicyclic) bond motifs is 1. The first-order valence-corrected chi connectivity index (χ1v) is 14.0. The van der Waals surface area contributed by atoms with Gasteiger partial charge in [0.2, 0.25) is 0 Å². The highest BCUT2D eigenvalue weighted by Gasteiger charge is 2.33. The Labute approximate surface area is 241 Å². The highest BCUT2D eigenvalue weighted by atomic mass is 32.1. The van der Waals surface area contributed by atoms with Crippen LogP contribution in [0.5, 0.6) is 17.2 Å². The van der Waals surface area contributed by atoms with E-state index in [-0.39, 0.29) is 25.4 Å². The molecule has 0 fully saturated rings. The molecule has 3 aromatic rings. The fraction of sp³-hybridized carbons (Fsp3) is 0.333. The first kappa shape index (κ1) is 29.6. The number of methoxy groups -OCH3 is 1. The molecule has 0 unspecified atom stereocenters. The number of nitrogens with zero attached hydrogens (tertiary/aromatic N) is 2. The summed E-state index contributed by atoms with van der Waals surface area (Å²) in [4.78, 5) is 43.7. The summed E-state index contributed by atoms with van der Waals surface area (Å²) >= 11 is 1.22. The molecule has 0 bridgehead atoms. The number of ether oxygens (including phenoxy) is 5. The predicted molar refractivity (Wildman–Crippen MR) is 153 cm³/mol. The van der Waals surface area contributed by atoms with Gasteiger partial charge >= 0.3 is 11.9 Å². The van der Waals surface area contributed by atoms with Gasteiger partial charge in [-0.15, -0.1) is 0 Å². The Morgan fingerprint density at radius 1 is 0.976 bits per heavy atom. The second-order valence-electron chi connectivity index (χ2n) is 8.81. The Bertz CT molecular complexity index is 1640. The van der Waals surface area contributed by atoms with Crippen LogP contribution in [0.1, 0.15) is 44.9 Å². The third-order valence-electron chi connectivity index (χ3n) is 6.16. The van der Waals surface area contributed by atoms with Gasteiger partial charge in [0.15, 0.2) is 22.9 Å². The average Bonchev–Trinajstić information content (AvgIpc) is 3.26. The molecule has 1 aliphatic heterocycles.